The van der Waals surface area contributed by atoms with Crippen LogP contribution < -0.4 is 0 Å². The number of likely N-dealkylation sites (tertiary alicyclic amines) is 1. The van der Waals surface area contributed by atoms with Gasteiger partial charge in [-0.05, 0) is 53.4 Å². The van der Waals surface area contributed by atoms with E-state index in [0.717, 1.165) is 12.8 Å². The number of amides is 1. The molecule has 108 valence electrons. The van der Waals surface area contributed by atoms with Gasteiger partial charge in [0.25, 0.3) is 5.91 Å². The van der Waals surface area contributed by atoms with Crippen LogP contribution in [-0.4, -0.2) is 36.5 Å². The van der Waals surface area contributed by atoms with E-state index in [9.17, 15) is 14.0 Å². The molecule has 1 heterocycles. The number of nitrogens with zero attached hydrogens (tertiary/aromatic N) is 1. The predicted octanol–water partition coefficient (Wildman–Crippen LogP) is 2.76. The number of carbonyl (C=O) groups is 2. The highest BCUT2D eigenvalue weighted by Gasteiger charge is 2.33. The third-order valence-electron chi connectivity index (χ3n) is 3.40. The Hall–Kier alpha value is -1.43. The molecule has 0 radical (unpaired) electrons. The van der Waals surface area contributed by atoms with E-state index in [-0.39, 0.29) is 10.4 Å². The SMILES string of the molecule is COC(=O)[C@H]1CCCCN1C(=O)c1ccc(F)c(Br)c1. The molecule has 1 fully saturated rings. The molecule has 0 spiro atoms. The summed E-state index contributed by atoms with van der Waals surface area (Å²) in [6.07, 6.45) is 2.33. The van der Waals surface area contributed by atoms with E-state index in [0.29, 0.717) is 18.5 Å². The van der Waals surface area contributed by atoms with E-state index >= 15 is 0 Å². The number of hydrogen-bond acceptors (Lipinski definition) is 3. The van der Waals surface area contributed by atoms with Gasteiger partial charge in [-0.2, -0.15) is 0 Å². The average Bonchev–Trinajstić information content (AvgIpc) is 2.48. The van der Waals surface area contributed by atoms with Gasteiger partial charge >= 0.3 is 5.97 Å². The Labute approximate surface area is 125 Å². The van der Waals surface area contributed by atoms with E-state index in [2.05, 4.69) is 15.9 Å². The lowest BCUT2D eigenvalue weighted by Gasteiger charge is -2.33. The third kappa shape index (κ3) is 3.00. The summed E-state index contributed by atoms with van der Waals surface area (Å²) >= 11 is 3.06. The largest absolute Gasteiger partial charge is 0.467 e. The van der Waals surface area contributed by atoms with Crippen LogP contribution in [-0.2, 0) is 9.53 Å². The fourth-order valence-electron chi connectivity index (χ4n) is 2.35. The van der Waals surface area contributed by atoms with Crippen molar-refractivity contribution in [3.8, 4) is 0 Å². The molecule has 1 aliphatic rings. The first-order valence-corrected chi connectivity index (χ1v) is 7.17. The molecule has 20 heavy (non-hydrogen) atoms. The van der Waals surface area contributed by atoms with Crippen molar-refractivity contribution < 1.29 is 18.7 Å². The topological polar surface area (TPSA) is 46.6 Å². The van der Waals surface area contributed by atoms with Crippen molar-refractivity contribution in [1.82, 2.24) is 4.90 Å². The van der Waals surface area contributed by atoms with Gasteiger partial charge in [0.15, 0.2) is 0 Å². The van der Waals surface area contributed by atoms with Crippen molar-refractivity contribution in [2.24, 2.45) is 0 Å². The van der Waals surface area contributed by atoms with E-state index in [1.54, 1.807) is 0 Å². The smallest absolute Gasteiger partial charge is 0.328 e. The highest BCUT2D eigenvalue weighted by atomic mass is 79.9. The summed E-state index contributed by atoms with van der Waals surface area (Å²) < 4.78 is 18.2. The van der Waals surface area contributed by atoms with Crippen LogP contribution in [0.25, 0.3) is 0 Å². The fourth-order valence-corrected chi connectivity index (χ4v) is 2.73. The molecule has 0 N–H and O–H groups in total. The second kappa shape index (κ2) is 6.35. The molecule has 1 aromatic carbocycles. The number of methoxy groups -OCH3 is 1. The van der Waals surface area contributed by atoms with E-state index in [1.165, 1.54) is 30.2 Å². The zero-order chi connectivity index (χ0) is 14.7. The summed E-state index contributed by atoms with van der Waals surface area (Å²) in [5.74, 6) is -1.11. The van der Waals surface area contributed by atoms with Crippen molar-refractivity contribution >= 4 is 27.8 Å². The first-order valence-electron chi connectivity index (χ1n) is 6.38. The molecule has 1 amide bonds. The second-order valence-corrected chi connectivity index (χ2v) is 5.52. The first-order chi connectivity index (χ1) is 9.54. The number of hydrogen-bond donors (Lipinski definition) is 0. The summed E-state index contributed by atoms with van der Waals surface area (Å²) in [5.41, 5.74) is 0.356. The standard InChI is InChI=1S/C14H15BrFNO3/c1-20-14(19)12-4-2-3-7-17(12)13(18)9-5-6-11(16)10(15)8-9/h5-6,8,12H,2-4,7H2,1H3/t12-/m1/s1. The zero-order valence-corrected chi connectivity index (χ0v) is 12.7. The summed E-state index contributed by atoms with van der Waals surface area (Å²) in [7, 11) is 1.31. The van der Waals surface area contributed by atoms with Crippen LogP contribution in [0.2, 0.25) is 0 Å². The minimum Gasteiger partial charge on any atom is -0.467 e. The van der Waals surface area contributed by atoms with Gasteiger partial charge in [-0.3, -0.25) is 4.79 Å². The van der Waals surface area contributed by atoms with Crippen LogP contribution in [0.4, 0.5) is 4.39 Å². The summed E-state index contributed by atoms with van der Waals surface area (Å²) in [4.78, 5) is 25.7. The van der Waals surface area contributed by atoms with Crippen LogP contribution in [0.5, 0.6) is 0 Å². The van der Waals surface area contributed by atoms with Gasteiger partial charge in [0.2, 0.25) is 0 Å². The van der Waals surface area contributed by atoms with Crippen LogP contribution in [0, 0.1) is 5.82 Å². The lowest BCUT2D eigenvalue weighted by molar-refractivity contribution is -0.147. The van der Waals surface area contributed by atoms with Crippen molar-refractivity contribution in [1.29, 1.82) is 0 Å². The lowest BCUT2D eigenvalue weighted by atomic mass is 10.0. The molecule has 2 rings (SSSR count). The second-order valence-electron chi connectivity index (χ2n) is 4.66. The van der Waals surface area contributed by atoms with Crippen LogP contribution in [0.3, 0.4) is 0 Å². The number of carbonyl (C=O) groups excluding carboxylic acids is 2. The molecule has 1 saturated heterocycles. The monoisotopic (exact) mass is 343 g/mol. The maximum Gasteiger partial charge on any atom is 0.328 e. The molecule has 1 aromatic rings. The Morgan fingerprint density at radius 3 is 2.80 bits per heavy atom. The van der Waals surface area contributed by atoms with Gasteiger partial charge in [-0.15, -0.1) is 0 Å². The van der Waals surface area contributed by atoms with Crippen molar-refractivity contribution in [3.05, 3.63) is 34.1 Å². The summed E-state index contributed by atoms with van der Waals surface area (Å²) in [6, 6.07) is 3.53. The number of rotatable bonds is 2. The first kappa shape index (κ1) is 15.0. The van der Waals surface area contributed by atoms with Crippen molar-refractivity contribution in [2.75, 3.05) is 13.7 Å². The summed E-state index contributed by atoms with van der Waals surface area (Å²) in [6.45, 7) is 0.508. The molecule has 1 atom stereocenters. The highest BCUT2D eigenvalue weighted by molar-refractivity contribution is 9.10. The molecule has 0 saturated carbocycles. The molecule has 0 unspecified atom stereocenters. The van der Waals surface area contributed by atoms with Gasteiger partial charge < -0.3 is 9.64 Å². The molecule has 0 aromatic heterocycles. The molecule has 0 bridgehead atoms. The molecule has 6 heteroatoms. The Morgan fingerprint density at radius 2 is 2.15 bits per heavy atom. The number of benzene rings is 1. The number of halogens is 2. The Kier molecular flexibility index (Phi) is 4.75. The maximum atomic E-state index is 13.2. The highest BCUT2D eigenvalue weighted by Crippen LogP contribution is 2.23. The number of ether oxygens (including phenoxy) is 1. The average molecular weight is 344 g/mol. The van der Waals surface area contributed by atoms with Gasteiger partial charge in [-0.25, -0.2) is 9.18 Å². The van der Waals surface area contributed by atoms with Crippen LogP contribution in [0.1, 0.15) is 29.6 Å². The predicted molar refractivity (Wildman–Crippen MR) is 74.8 cm³/mol. The summed E-state index contributed by atoms with van der Waals surface area (Å²) in [5, 5.41) is 0. The Morgan fingerprint density at radius 1 is 1.40 bits per heavy atom. The normalized spacial score (nSPS) is 18.8. The molecule has 4 nitrogen and oxygen atoms in total. The van der Waals surface area contributed by atoms with Gasteiger partial charge in [0.05, 0.1) is 11.6 Å². The van der Waals surface area contributed by atoms with Crippen molar-refractivity contribution in [3.63, 3.8) is 0 Å². The third-order valence-corrected chi connectivity index (χ3v) is 4.01. The molecular formula is C14H15BrFNO3. The van der Waals surface area contributed by atoms with Gasteiger partial charge in [0, 0.05) is 12.1 Å². The van der Waals surface area contributed by atoms with Crippen molar-refractivity contribution in [2.45, 2.75) is 25.3 Å². The van der Waals surface area contributed by atoms with E-state index < -0.39 is 17.8 Å². The quantitative estimate of drug-likeness (QED) is 0.775. The maximum absolute atomic E-state index is 13.2. The van der Waals surface area contributed by atoms with Crippen LogP contribution in [0.15, 0.2) is 22.7 Å². The van der Waals surface area contributed by atoms with Gasteiger partial charge in [-0.1, -0.05) is 0 Å². The number of esters is 1. The van der Waals surface area contributed by atoms with Gasteiger partial charge in [0.1, 0.15) is 11.9 Å². The Bertz CT molecular complexity index is 535. The van der Waals surface area contributed by atoms with E-state index in [4.69, 9.17) is 4.74 Å². The van der Waals surface area contributed by atoms with E-state index in [1.807, 2.05) is 0 Å². The zero-order valence-electron chi connectivity index (χ0n) is 11.1. The lowest BCUT2D eigenvalue weighted by Crippen LogP contribution is -2.48. The van der Waals surface area contributed by atoms with Crippen LogP contribution >= 0.6 is 15.9 Å². The minimum absolute atomic E-state index is 0.231. The fraction of sp³-hybridized carbons (Fsp3) is 0.429. The minimum atomic E-state index is -0.551. The molecular weight excluding hydrogens is 329 g/mol. The molecule has 1 aliphatic heterocycles. The Balaban J connectivity index is 2.25. The number of piperidine rings is 1. The molecule has 0 aliphatic carbocycles.